The van der Waals surface area contributed by atoms with E-state index in [1.807, 2.05) is 6.08 Å². The molecule has 0 fully saturated rings. The van der Waals surface area contributed by atoms with Gasteiger partial charge in [-0.25, -0.2) is 5.06 Å². The van der Waals surface area contributed by atoms with E-state index in [1.165, 1.54) is 18.2 Å². The van der Waals surface area contributed by atoms with Crippen molar-refractivity contribution in [2.24, 2.45) is 0 Å². The van der Waals surface area contributed by atoms with Crippen LogP contribution in [0.4, 0.5) is 0 Å². The molecule has 3 nitrogen and oxygen atoms in total. The Bertz CT molecular complexity index is 227. The Labute approximate surface area is 105 Å². The zero-order valence-electron chi connectivity index (χ0n) is 9.28. The molecule has 4 heteroatoms. The van der Waals surface area contributed by atoms with Gasteiger partial charge in [0.25, 0.3) is 5.91 Å². The van der Waals surface area contributed by atoms with E-state index in [0.29, 0.717) is 0 Å². The molecule has 0 atom stereocenters. The van der Waals surface area contributed by atoms with E-state index in [4.69, 9.17) is 4.84 Å². The molecule has 0 heterocycles. The van der Waals surface area contributed by atoms with E-state index in [1.54, 1.807) is 7.05 Å². The second-order valence-corrected chi connectivity index (χ2v) is 4.03. The minimum absolute atomic E-state index is 0.131. The Hall–Kier alpha value is -0.360. The molecule has 0 radical (unpaired) electrons. The highest BCUT2D eigenvalue weighted by Gasteiger charge is 2.00. The number of amides is 1. The Balaban J connectivity index is 3.58. The number of carbonyl (C=O) groups excluding carboxylic acids is 1. The van der Waals surface area contributed by atoms with E-state index >= 15 is 0 Å². The number of nitrogens with zero attached hydrogens (tertiary/aromatic N) is 1. The van der Waals surface area contributed by atoms with Gasteiger partial charge in [0.1, 0.15) is 0 Å². The summed E-state index contributed by atoms with van der Waals surface area (Å²) in [6.07, 6.45) is 10.7. The monoisotopic (exact) mass is 323 g/mol. The van der Waals surface area contributed by atoms with Crippen LogP contribution in [0.5, 0.6) is 0 Å². The zero-order chi connectivity index (χ0) is 11.5. The first-order valence-electron chi connectivity index (χ1n) is 4.91. The van der Waals surface area contributed by atoms with Gasteiger partial charge in [-0.2, -0.15) is 0 Å². The third kappa shape index (κ3) is 8.62. The van der Waals surface area contributed by atoms with Crippen LogP contribution in [0, 0.1) is 0 Å². The predicted octanol–water partition coefficient (Wildman–Crippen LogP) is 2.72. The fourth-order valence-corrected chi connectivity index (χ4v) is 1.23. The molecule has 0 aliphatic rings. The van der Waals surface area contributed by atoms with Gasteiger partial charge in [-0.05, 0) is 19.3 Å². The Kier molecular flexibility index (Phi) is 9.92. The second-order valence-electron chi connectivity index (χ2n) is 2.95. The topological polar surface area (TPSA) is 29.5 Å². The van der Waals surface area contributed by atoms with Crippen molar-refractivity contribution in [3.8, 4) is 0 Å². The summed E-state index contributed by atoms with van der Waals surface area (Å²) < 4.78 is 1.15. The Morgan fingerprint density at radius 1 is 1.27 bits per heavy atom. The highest BCUT2D eigenvalue weighted by molar-refractivity contribution is 14.1. The first kappa shape index (κ1) is 14.6. The third-order valence-electron chi connectivity index (χ3n) is 1.79. The molecule has 0 saturated carbocycles. The van der Waals surface area contributed by atoms with Gasteiger partial charge in [0.05, 0.1) is 7.11 Å². The molecule has 0 aromatic rings. The van der Waals surface area contributed by atoms with Gasteiger partial charge >= 0.3 is 0 Å². The van der Waals surface area contributed by atoms with E-state index < -0.39 is 0 Å². The largest absolute Gasteiger partial charge is 0.274 e. The molecule has 0 spiro atoms. The van der Waals surface area contributed by atoms with Crippen LogP contribution in [0.25, 0.3) is 0 Å². The second kappa shape index (κ2) is 10.2. The van der Waals surface area contributed by atoms with E-state index in [-0.39, 0.29) is 5.91 Å². The lowest BCUT2D eigenvalue weighted by Crippen LogP contribution is -2.22. The SMILES string of the molecule is CON(C)C(=O)/C=C/CC/C=C/CCI. The first-order chi connectivity index (χ1) is 7.22. The summed E-state index contributed by atoms with van der Waals surface area (Å²) in [5.74, 6) is -0.131. The summed E-state index contributed by atoms with van der Waals surface area (Å²) in [6.45, 7) is 0. The number of hydrogen-bond donors (Lipinski definition) is 0. The molecule has 0 N–H and O–H groups in total. The average molecular weight is 323 g/mol. The minimum atomic E-state index is -0.131. The number of unbranched alkanes of at least 4 members (excludes halogenated alkanes) is 1. The maximum atomic E-state index is 11.2. The molecule has 0 rings (SSSR count). The highest BCUT2D eigenvalue weighted by Crippen LogP contribution is 1.97. The van der Waals surface area contributed by atoms with Gasteiger partial charge in [0.15, 0.2) is 0 Å². The van der Waals surface area contributed by atoms with Crippen LogP contribution in [-0.4, -0.2) is 29.6 Å². The third-order valence-corrected chi connectivity index (χ3v) is 2.41. The normalized spacial score (nSPS) is 11.4. The smallest absolute Gasteiger partial charge is 0.269 e. The molecule has 0 saturated heterocycles. The summed E-state index contributed by atoms with van der Waals surface area (Å²) in [6, 6.07) is 0. The minimum Gasteiger partial charge on any atom is -0.274 e. The molecule has 0 aromatic heterocycles. The lowest BCUT2D eigenvalue weighted by molar-refractivity contribution is -0.162. The summed E-state index contributed by atoms with van der Waals surface area (Å²) in [4.78, 5) is 15.9. The number of rotatable bonds is 7. The van der Waals surface area contributed by atoms with Crippen molar-refractivity contribution in [1.82, 2.24) is 5.06 Å². The zero-order valence-corrected chi connectivity index (χ0v) is 11.4. The highest BCUT2D eigenvalue weighted by atomic mass is 127. The number of likely N-dealkylation sites (N-methyl/N-ethyl adjacent to an activating group) is 1. The van der Waals surface area contributed by atoms with Crippen LogP contribution in [0.2, 0.25) is 0 Å². The van der Waals surface area contributed by atoms with Gasteiger partial charge in [0.2, 0.25) is 0 Å². The van der Waals surface area contributed by atoms with Gasteiger partial charge in [-0.1, -0.05) is 40.8 Å². The molecule has 0 unspecified atom stereocenters. The van der Waals surface area contributed by atoms with Crippen molar-refractivity contribution in [3.05, 3.63) is 24.3 Å². The fourth-order valence-electron chi connectivity index (χ4n) is 0.870. The number of hydroxylamine groups is 2. The van der Waals surface area contributed by atoms with Crippen molar-refractivity contribution in [2.75, 3.05) is 18.6 Å². The molecule has 0 bridgehead atoms. The summed E-state index contributed by atoms with van der Waals surface area (Å²) >= 11 is 2.35. The molecule has 86 valence electrons. The molecular formula is C11H18INO2. The van der Waals surface area contributed by atoms with Gasteiger partial charge in [0, 0.05) is 17.6 Å². The van der Waals surface area contributed by atoms with Crippen LogP contribution < -0.4 is 0 Å². The van der Waals surface area contributed by atoms with Crippen LogP contribution in [0.1, 0.15) is 19.3 Å². The maximum Gasteiger partial charge on any atom is 0.269 e. The number of carbonyl (C=O) groups is 1. The van der Waals surface area contributed by atoms with Crippen LogP contribution in [0.15, 0.2) is 24.3 Å². The quantitative estimate of drug-likeness (QED) is 0.180. The van der Waals surface area contributed by atoms with Crippen LogP contribution in [0.3, 0.4) is 0 Å². The molecule has 0 aliphatic heterocycles. The average Bonchev–Trinajstić information content (AvgIpc) is 2.26. The number of halogens is 1. The predicted molar refractivity (Wildman–Crippen MR) is 70.8 cm³/mol. The summed E-state index contributed by atoms with van der Waals surface area (Å²) in [5, 5.41) is 1.20. The molecule has 15 heavy (non-hydrogen) atoms. The Morgan fingerprint density at radius 2 is 1.87 bits per heavy atom. The molecule has 0 aliphatic carbocycles. The van der Waals surface area contributed by atoms with Gasteiger partial charge < -0.3 is 0 Å². The Morgan fingerprint density at radius 3 is 2.47 bits per heavy atom. The van der Waals surface area contributed by atoms with Crippen molar-refractivity contribution < 1.29 is 9.63 Å². The summed E-state index contributed by atoms with van der Waals surface area (Å²) in [5.41, 5.74) is 0. The first-order valence-corrected chi connectivity index (χ1v) is 6.44. The number of alkyl halides is 1. The van der Waals surface area contributed by atoms with E-state index in [9.17, 15) is 4.79 Å². The van der Waals surface area contributed by atoms with Crippen LogP contribution in [-0.2, 0) is 9.63 Å². The van der Waals surface area contributed by atoms with Crippen molar-refractivity contribution in [3.63, 3.8) is 0 Å². The van der Waals surface area contributed by atoms with E-state index in [2.05, 4.69) is 34.7 Å². The van der Waals surface area contributed by atoms with Crippen molar-refractivity contribution in [2.45, 2.75) is 19.3 Å². The summed E-state index contributed by atoms with van der Waals surface area (Å²) in [7, 11) is 3.06. The number of hydrogen-bond acceptors (Lipinski definition) is 2. The molecule has 0 aromatic carbocycles. The fraction of sp³-hybridized carbons (Fsp3) is 0.545. The lowest BCUT2D eigenvalue weighted by Gasteiger charge is -2.09. The molecular weight excluding hydrogens is 305 g/mol. The lowest BCUT2D eigenvalue weighted by atomic mass is 10.2. The standard InChI is InChI=1S/C11H18INO2/c1-13(15-2)11(14)9-7-5-3-4-6-8-10-12/h4,6-7,9H,3,5,8,10H2,1-2H3/b6-4+,9-7+. The van der Waals surface area contributed by atoms with Crippen molar-refractivity contribution in [1.29, 1.82) is 0 Å². The van der Waals surface area contributed by atoms with Gasteiger partial charge in [-0.3, -0.25) is 9.63 Å². The molecule has 1 amide bonds. The van der Waals surface area contributed by atoms with Crippen molar-refractivity contribution >= 4 is 28.5 Å². The van der Waals surface area contributed by atoms with Gasteiger partial charge in [-0.15, -0.1) is 0 Å². The van der Waals surface area contributed by atoms with E-state index in [0.717, 1.165) is 23.7 Å². The van der Waals surface area contributed by atoms with Crippen LogP contribution >= 0.6 is 22.6 Å². The maximum absolute atomic E-state index is 11.2. The number of allylic oxidation sites excluding steroid dienone is 3.